The third-order valence-electron chi connectivity index (χ3n) is 5.17. The minimum Gasteiger partial charge on any atom is -0.461 e. The van der Waals surface area contributed by atoms with Gasteiger partial charge in [-0.3, -0.25) is 9.59 Å². The lowest BCUT2D eigenvalue weighted by molar-refractivity contribution is -0.112. The summed E-state index contributed by atoms with van der Waals surface area (Å²) in [6.07, 6.45) is 1.61. The Kier molecular flexibility index (Phi) is 6.35. The van der Waals surface area contributed by atoms with Crippen molar-refractivity contribution in [2.75, 3.05) is 11.9 Å². The van der Waals surface area contributed by atoms with E-state index >= 15 is 0 Å². The van der Waals surface area contributed by atoms with Crippen molar-refractivity contribution in [2.24, 2.45) is 0 Å². The van der Waals surface area contributed by atoms with Crippen LogP contribution in [0.15, 0.2) is 66.9 Å². The summed E-state index contributed by atoms with van der Waals surface area (Å²) in [6, 6.07) is 17.7. The Morgan fingerprint density at radius 1 is 0.941 bits per heavy atom. The first-order valence-electron chi connectivity index (χ1n) is 10.7. The first-order chi connectivity index (χ1) is 16.4. The van der Waals surface area contributed by atoms with Crippen LogP contribution in [0.5, 0.6) is 0 Å². The molecule has 0 saturated carbocycles. The van der Waals surface area contributed by atoms with E-state index in [0.717, 1.165) is 5.69 Å². The molecule has 0 saturated heterocycles. The zero-order valence-corrected chi connectivity index (χ0v) is 19.0. The molecule has 1 N–H and O–H groups in total. The van der Waals surface area contributed by atoms with Crippen LogP contribution in [0.1, 0.15) is 39.2 Å². The van der Waals surface area contributed by atoms with Gasteiger partial charge in [0.25, 0.3) is 11.7 Å². The summed E-state index contributed by atoms with van der Waals surface area (Å²) in [5.41, 5.74) is 3.31. The first-order valence-corrected chi connectivity index (χ1v) is 10.7. The summed E-state index contributed by atoms with van der Waals surface area (Å²) in [5, 5.41) is 11.3. The van der Waals surface area contributed by atoms with Gasteiger partial charge in [0.05, 0.1) is 34.9 Å². The SMILES string of the molecule is CCOC(=O)c1ccn(-c2cccc(NC(=O)C(=O)c3c(C)nn(-c4ccccc4)c3C)c2)n1. The van der Waals surface area contributed by atoms with Gasteiger partial charge in [-0.15, -0.1) is 0 Å². The Balaban J connectivity index is 1.54. The van der Waals surface area contributed by atoms with E-state index in [-0.39, 0.29) is 17.9 Å². The molecule has 0 fully saturated rings. The Hall–Kier alpha value is -4.53. The largest absolute Gasteiger partial charge is 0.461 e. The zero-order valence-electron chi connectivity index (χ0n) is 19.0. The molecule has 1 amide bonds. The van der Waals surface area contributed by atoms with E-state index in [9.17, 15) is 14.4 Å². The standard InChI is InChI=1S/C25H23N5O4/c1-4-34-25(33)21-13-14-29(28-21)20-12-8-9-18(15-20)26-24(32)23(31)22-16(2)27-30(17(22)3)19-10-6-5-7-11-19/h5-15H,4H2,1-3H3,(H,26,32). The number of ketones is 1. The molecule has 0 bridgehead atoms. The fraction of sp³-hybridized carbons (Fsp3) is 0.160. The second kappa shape index (κ2) is 9.53. The Bertz CT molecular complexity index is 1370. The average Bonchev–Trinajstić information content (AvgIpc) is 3.44. The number of anilines is 1. The number of aromatic nitrogens is 4. The number of Topliss-reactive ketones (excluding diaryl/α,β-unsaturated/α-hetero) is 1. The molecule has 0 aliphatic carbocycles. The van der Waals surface area contributed by atoms with Crippen molar-refractivity contribution in [3.05, 3.63) is 89.5 Å². The second-order valence-electron chi connectivity index (χ2n) is 7.49. The van der Waals surface area contributed by atoms with Crippen molar-refractivity contribution in [3.8, 4) is 11.4 Å². The topological polar surface area (TPSA) is 108 Å². The van der Waals surface area contributed by atoms with Gasteiger partial charge in [0.2, 0.25) is 0 Å². The van der Waals surface area contributed by atoms with E-state index in [0.29, 0.717) is 22.8 Å². The zero-order chi connectivity index (χ0) is 24.2. The van der Waals surface area contributed by atoms with Gasteiger partial charge in [0.15, 0.2) is 5.69 Å². The van der Waals surface area contributed by atoms with Crippen molar-refractivity contribution in [3.63, 3.8) is 0 Å². The molecule has 0 aliphatic heterocycles. The number of esters is 1. The molecule has 0 atom stereocenters. The molecule has 2 heterocycles. The molecule has 0 unspecified atom stereocenters. The maximum absolute atomic E-state index is 13.0. The number of aryl methyl sites for hydroxylation is 1. The maximum Gasteiger partial charge on any atom is 0.358 e. The minimum atomic E-state index is -0.774. The van der Waals surface area contributed by atoms with Crippen LogP contribution in [0.2, 0.25) is 0 Å². The smallest absolute Gasteiger partial charge is 0.358 e. The van der Waals surface area contributed by atoms with Crippen molar-refractivity contribution >= 4 is 23.3 Å². The minimum absolute atomic E-state index is 0.174. The number of rotatable bonds is 7. The Labute approximate surface area is 196 Å². The molecule has 9 nitrogen and oxygen atoms in total. The predicted molar refractivity (Wildman–Crippen MR) is 126 cm³/mol. The van der Waals surface area contributed by atoms with Crippen LogP contribution in [0.3, 0.4) is 0 Å². The van der Waals surface area contributed by atoms with Gasteiger partial charge in [-0.05, 0) is 57.2 Å². The summed E-state index contributed by atoms with van der Waals surface area (Å²) < 4.78 is 8.09. The predicted octanol–water partition coefficient (Wildman–Crippen LogP) is 3.67. The highest BCUT2D eigenvalue weighted by Gasteiger charge is 2.25. The molecule has 0 spiro atoms. The number of amides is 1. The molecule has 172 valence electrons. The molecule has 4 aromatic rings. The van der Waals surface area contributed by atoms with Crippen LogP contribution < -0.4 is 5.32 Å². The lowest BCUT2D eigenvalue weighted by atomic mass is 10.1. The van der Waals surface area contributed by atoms with Crippen LogP contribution in [-0.4, -0.2) is 43.8 Å². The molecule has 4 rings (SSSR count). The van der Waals surface area contributed by atoms with Gasteiger partial charge in [-0.1, -0.05) is 24.3 Å². The van der Waals surface area contributed by atoms with Crippen LogP contribution >= 0.6 is 0 Å². The number of ether oxygens (including phenoxy) is 1. The van der Waals surface area contributed by atoms with Crippen molar-refractivity contribution < 1.29 is 19.1 Å². The quantitative estimate of drug-likeness (QED) is 0.258. The maximum atomic E-state index is 13.0. The fourth-order valence-electron chi connectivity index (χ4n) is 3.60. The lowest BCUT2D eigenvalue weighted by Gasteiger charge is -2.08. The van der Waals surface area contributed by atoms with E-state index < -0.39 is 17.7 Å². The number of para-hydroxylation sites is 1. The van der Waals surface area contributed by atoms with Gasteiger partial charge in [0, 0.05) is 11.9 Å². The molecular weight excluding hydrogens is 434 g/mol. The molecule has 0 radical (unpaired) electrons. The van der Waals surface area contributed by atoms with Crippen LogP contribution in [0.25, 0.3) is 11.4 Å². The normalized spacial score (nSPS) is 10.7. The van der Waals surface area contributed by atoms with E-state index in [2.05, 4.69) is 15.5 Å². The van der Waals surface area contributed by atoms with E-state index in [1.54, 1.807) is 62.0 Å². The highest BCUT2D eigenvalue weighted by atomic mass is 16.5. The monoisotopic (exact) mass is 457 g/mol. The third-order valence-corrected chi connectivity index (χ3v) is 5.17. The van der Waals surface area contributed by atoms with Crippen molar-refractivity contribution in [1.82, 2.24) is 19.6 Å². The molecule has 34 heavy (non-hydrogen) atoms. The lowest BCUT2D eigenvalue weighted by Crippen LogP contribution is -2.24. The number of nitrogens with zero attached hydrogens (tertiary/aromatic N) is 4. The fourth-order valence-corrected chi connectivity index (χ4v) is 3.60. The number of hydrogen-bond donors (Lipinski definition) is 1. The number of benzene rings is 2. The first kappa shape index (κ1) is 22.7. The molecule has 2 aromatic carbocycles. The van der Waals surface area contributed by atoms with Gasteiger partial charge in [-0.25, -0.2) is 14.2 Å². The molecule has 9 heteroatoms. The van der Waals surface area contributed by atoms with Crippen LogP contribution in [0, 0.1) is 13.8 Å². The highest BCUT2D eigenvalue weighted by Crippen LogP contribution is 2.20. The molecule has 0 aliphatic rings. The Morgan fingerprint density at radius 3 is 2.41 bits per heavy atom. The van der Waals surface area contributed by atoms with Gasteiger partial charge in [-0.2, -0.15) is 10.2 Å². The highest BCUT2D eigenvalue weighted by molar-refractivity contribution is 6.47. The average molecular weight is 457 g/mol. The van der Waals surface area contributed by atoms with E-state index in [4.69, 9.17) is 4.74 Å². The van der Waals surface area contributed by atoms with Gasteiger partial charge in [0.1, 0.15) is 0 Å². The van der Waals surface area contributed by atoms with E-state index in [1.807, 2.05) is 30.3 Å². The molecule has 2 aromatic heterocycles. The second-order valence-corrected chi connectivity index (χ2v) is 7.49. The number of carbonyl (C=O) groups excluding carboxylic acids is 3. The number of nitrogens with one attached hydrogen (secondary N) is 1. The summed E-state index contributed by atoms with van der Waals surface area (Å²) >= 11 is 0. The molecular formula is C25H23N5O4. The number of hydrogen-bond acceptors (Lipinski definition) is 6. The van der Waals surface area contributed by atoms with E-state index in [1.165, 1.54) is 4.68 Å². The van der Waals surface area contributed by atoms with Crippen LogP contribution in [-0.2, 0) is 9.53 Å². The summed E-state index contributed by atoms with van der Waals surface area (Å²) in [6.45, 7) is 5.43. The van der Waals surface area contributed by atoms with Crippen molar-refractivity contribution in [2.45, 2.75) is 20.8 Å². The number of carbonyl (C=O) groups is 3. The van der Waals surface area contributed by atoms with Gasteiger partial charge < -0.3 is 10.1 Å². The van der Waals surface area contributed by atoms with Crippen molar-refractivity contribution in [1.29, 1.82) is 0 Å². The van der Waals surface area contributed by atoms with Crippen LogP contribution in [0.4, 0.5) is 5.69 Å². The Morgan fingerprint density at radius 2 is 1.68 bits per heavy atom. The third kappa shape index (κ3) is 4.49. The van der Waals surface area contributed by atoms with Gasteiger partial charge >= 0.3 is 5.97 Å². The summed E-state index contributed by atoms with van der Waals surface area (Å²) in [4.78, 5) is 37.7. The summed E-state index contributed by atoms with van der Waals surface area (Å²) in [7, 11) is 0. The summed E-state index contributed by atoms with van der Waals surface area (Å²) in [5.74, 6) is -1.96.